The van der Waals surface area contributed by atoms with E-state index in [4.69, 9.17) is 4.98 Å². The molecule has 3 aromatic heterocycles. The van der Waals surface area contributed by atoms with E-state index in [-0.39, 0.29) is 5.41 Å². The van der Waals surface area contributed by atoms with Gasteiger partial charge in [0.1, 0.15) is 0 Å². The number of nitrogens with zero attached hydrogens (tertiary/aromatic N) is 3. The van der Waals surface area contributed by atoms with Gasteiger partial charge >= 0.3 is 0 Å². The highest BCUT2D eigenvalue weighted by atomic mass is 28.3. The molecule has 9 rings (SSSR count). The summed E-state index contributed by atoms with van der Waals surface area (Å²) in [6.07, 6.45) is 7.27. The molecule has 1 aliphatic rings. The molecule has 0 spiro atoms. The van der Waals surface area contributed by atoms with Crippen molar-refractivity contribution >= 4 is 13.3 Å². The Balaban J connectivity index is 1.14. The molecule has 0 aliphatic heterocycles. The van der Waals surface area contributed by atoms with Crippen molar-refractivity contribution in [1.82, 2.24) is 15.0 Å². The van der Waals surface area contributed by atoms with Gasteiger partial charge in [-0.2, -0.15) is 0 Å². The fourth-order valence-corrected chi connectivity index (χ4v) is 9.22. The molecule has 3 nitrogen and oxygen atoms in total. The minimum atomic E-state index is -1.38. The molecule has 0 bridgehead atoms. The van der Waals surface area contributed by atoms with Gasteiger partial charge in [-0.25, -0.2) is 4.98 Å². The monoisotopic (exact) mass is 711 g/mol. The van der Waals surface area contributed by atoms with Crippen molar-refractivity contribution in [3.05, 3.63) is 193 Å². The Kier molecular flexibility index (Phi) is 8.28. The van der Waals surface area contributed by atoms with Crippen LogP contribution in [0.2, 0.25) is 19.6 Å². The fourth-order valence-electron chi connectivity index (χ4n) is 8.05. The van der Waals surface area contributed by atoms with Crippen LogP contribution in [0, 0.1) is 0 Å². The summed E-state index contributed by atoms with van der Waals surface area (Å²) in [4.78, 5) is 13.5. The van der Waals surface area contributed by atoms with Crippen molar-refractivity contribution in [2.75, 3.05) is 0 Å². The van der Waals surface area contributed by atoms with E-state index in [9.17, 15) is 0 Å². The standard InChI is InChI=1S/C50H41N3Si/c1-50(42-11-6-5-7-12-42)46-30-39(34-13-17-43(18-14-34)54(2,3)4)15-19-44(46)45-20-16-40(31-47(45)50)37-9-8-10-38(29-37)41-32-48(35-21-25-51-26-22-35)53-49(33-41)36-23-27-52-28-24-36/h5-33H,1-4H3. The molecule has 8 aromatic rings. The third-order valence-corrected chi connectivity index (χ3v) is 13.2. The van der Waals surface area contributed by atoms with Crippen LogP contribution in [0.25, 0.3) is 67.0 Å². The highest BCUT2D eigenvalue weighted by Gasteiger charge is 2.41. The molecule has 1 aliphatic carbocycles. The summed E-state index contributed by atoms with van der Waals surface area (Å²) in [5, 5.41) is 1.48. The van der Waals surface area contributed by atoms with Gasteiger partial charge in [-0.1, -0.05) is 122 Å². The number of hydrogen-bond donors (Lipinski definition) is 0. The van der Waals surface area contributed by atoms with Crippen LogP contribution in [0.3, 0.4) is 0 Å². The Morgan fingerprint density at radius 3 is 1.43 bits per heavy atom. The van der Waals surface area contributed by atoms with Crippen LogP contribution in [-0.2, 0) is 5.41 Å². The minimum absolute atomic E-state index is 0.322. The highest BCUT2D eigenvalue weighted by Crippen LogP contribution is 2.54. The van der Waals surface area contributed by atoms with Crippen molar-refractivity contribution in [2.24, 2.45) is 0 Å². The zero-order chi connectivity index (χ0) is 36.9. The predicted molar refractivity (Wildman–Crippen MR) is 227 cm³/mol. The van der Waals surface area contributed by atoms with Gasteiger partial charge in [0.25, 0.3) is 0 Å². The summed E-state index contributed by atoms with van der Waals surface area (Å²) in [5.41, 5.74) is 17.3. The van der Waals surface area contributed by atoms with E-state index in [1.165, 1.54) is 55.3 Å². The lowest BCUT2D eigenvalue weighted by molar-refractivity contribution is 0.714. The lowest BCUT2D eigenvalue weighted by Gasteiger charge is -2.29. The quantitative estimate of drug-likeness (QED) is 0.155. The molecule has 4 heteroatoms. The Bertz CT molecular complexity index is 2570. The molecule has 1 unspecified atom stereocenters. The number of rotatable bonds is 7. The first kappa shape index (κ1) is 33.6. The third-order valence-electron chi connectivity index (χ3n) is 11.1. The van der Waals surface area contributed by atoms with Crippen LogP contribution in [0.5, 0.6) is 0 Å². The van der Waals surface area contributed by atoms with E-state index in [0.29, 0.717) is 0 Å². The van der Waals surface area contributed by atoms with Gasteiger partial charge in [-0.05, 0) is 123 Å². The summed E-state index contributed by atoms with van der Waals surface area (Å²) in [6.45, 7) is 9.62. The third kappa shape index (κ3) is 5.99. The first-order chi connectivity index (χ1) is 26.3. The van der Waals surface area contributed by atoms with Crippen LogP contribution >= 0.6 is 0 Å². The summed E-state index contributed by atoms with van der Waals surface area (Å²) in [6, 6.07) is 55.8. The average molecular weight is 712 g/mol. The van der Waals surface area contributed by atoms with Gasteiger partial charge in [0.2, 0.25) is 0 Å². The zero-order valence-corrected chi connectivity index (χ0v) is 32.1. The van der Waals surface area contributed by atoms with E-state index in [1.807, 2.05) is 49.1 Å². The Labute approximate surface area is 319 Å². The zero-order valence-electron chi connectivity index (χ0n) is 31.1. The topological polar surface area (TPSA) is 38.7 Å². The molecule has 1 atom stereocenters. The van der Waals surface area contributed by atoms with Crippen LogP contribution in [0.1, 0.15) is 23.6 Å². The second-order valence-corrected chi connectivity index (χ2v) is 20.6. The second-order valence-electron chi connectivity index (χ2n) is 15.5. The van der Waals surface area contributed by atoms with Crippen LogP contribution in [0.15, 0.2) is 176 Å². The van der Waals surface area contributed by atoms with Gasteiger partial charge in [0, 0.05) is 41.3 Å². The molecule has 260 valence electrons. The summed E-state index contributed by atoms with van der Waals surface area (Å²) >= 11 is 0. The number of fused-ring (bicyclic) bond motifs is 3. The van der Waals surface area contributed by atoms with Crippen molar-refractivity contribution in [2.45, 2.75) is 32.0 Å². The molecule has 0 N–H and O–H groups in total. The van der Waals surface area contributed by atoms with Crippen molar-refractivity contribution in [3.63, 3.8) is 0 Å². The van der Waals surface area contributed by atoms with Crippen LogP contribution in [0.4, 0.5) is 0 Å². The molecular weight excluding hydrogens is 671 g/mol. The minimum Gasteiger partial charge on any atom is -0.265 e. The molecule has 3 heterocycles. The van der Waals surface area contributed by atoms with E-state index in [0.717, 1.165) is 33.6 Å². The number of pyridine rings is 3. The van der Waals surface area contributed by atoms with Gasteiger partial charge in [0.05, 0.1) is 19.5 Å². The predicted octanol–water partition coefficient (Wildman–Crippen LogP) is 12.1. The number of hydrogen-bond acceptors (Lipinski definition) is 3. The van der Waals surface area contributed by atoms with E-state index >= 15 is 0 Å². The van der Waals surface area contributed by atoms with Gasteiger partial charge < -0.3 is 0 Å². The normalized spacial score (nSPS) is 14.7. The molecule has 54 heavy (non-hydrogen) atoms. The first-order valence-corrected chi connectivity index (χ1v) is 22.2. The smallest absolute Gasteiger partial charge is 0.0775 e. The van der Waals surface area contributed by atoms with Gasteiger partial charge in [-0.15, -0.1) is 0 Å². The Morgan fingerprint density at radius 2 is 0.889 bits per heavy atom. The lowest BCUT2D eigenvalue weighted by Crippen LogP contribution is -2.37. The molecule has 0 radical (unpaired) electrons. The maximum atomic E-state index is 5.07. The SMILES string of the molecule is CC1(c2ccccc2)c2cc(-c3ccc([Si](C)(C)C)cc3)ccc2-c2ccc(-c3cccc(-c4cc(-c5ccncc5)nc(-c5ccncc5)c4)c3)cc21. The van der Waals surface area contributed by atoms with Gasteiger partial charge in [-0.3, -0.25) is 9.97 Å². The first-order valence-electron chi connectivity index (χ1n) is 18.7. The van der Waals surface area contributed by atoms with E-state index < -0.39 is 8.07 Å². The van der Waals surface area contributed by atoms with E-state index in [2.05, 4.69) is 164 Å². The summed E-state index contributed by atoms with van der Waals surface area (Å²) in [7, 11) is -1.38. The maximum absolute atomic E-state index is 5.07. The van der Waals surface area contributed by atoms with Crippen LogP contribution in [-0.4, -0.2) is 23.0 Å². The van der Waals surface area contributed by atoms with Crippen molar-refractivity contribution < 1.29 is 0 Å². The molecule has 0 fully saturated rings. The average Bonchev–Trinajstić information content (AvgIpc) is 3.48. The highest BCUT2D eigenvalue weighted by molar-refractivity contribution is 6.88. The molecule has 0 saturated heterocycles. The van der Waals surface area contributed by atoms with Crippen LogP contribution < -0.4 is 5.19 Å². The molecule has 5 aromatic carbocycles. The van der Waals surface area contributed by atoms with E-state index in [1.54, 1.807) is 0 Å². The lowest BCUT2D eigenvalue weighted by atomic mass is 9.73. The number of aromatic nitrogens is 3. The second kappa shape index (κ2) is 13.3. The summed E-state index contributed by atoms with van der Waals surface area (Å²) in [5.74, 6) is 0. The molecular formula is C50H41N3Si. The largest absolute Gasteiger partial charge is 0.265 e. The number of benzene rings is 5. The van der Waals surface area contributed by atoms with Crippen molar-refractivity contribution in [1.29, 1.82) is 0 Å². The molecule has 0 saturated carbocycles. The maximum Gasteiger partial charge on any atom is 0.0775 e. The fraction of sp³-hybridized carbons (Fsp3) is 0.100. The van der Waals surface area contributed by atoms with Crippen molar-refractivity contribution in [3.8, 4) is 67.0 Å². The van der Waals surface area contributed by atoms with Gasteiger partial charge in [0.15, 0.2) is 0 Å². The Hall–Kier alpha value is -6.23. The Morgan fingerprint density at radius 1 is 0.407 bits per heavy atom. The molecule has 0 amide bonds. The summed E-state index contributed by atoms with van der Waals surface area (Å²) < 4.78 is 0.